The molecule has 0 radical (unpaired) electrons. The third-order valence-corrected chi connectivity index (χ3v) is 2.53. The number of nitrogens with two attached hydrogens (primary N) is 1. The molecule has 0 spiro atoms. The average Bonchev–Trinajstić information content (AvgIpc) is 1.97. The van der Waals surface area contributed by atoms with E-state index in [1.54, 1.807) is 0 Å². The van der Waals surface area contributed by atoms with Crippen LogP contribution in [0.3, 0.4) is 0 Å². The van der Waals surface area contributed by atoms with Crippen LogP contribution in [0.4, 0.5) is 0 Å². The van der Waals surface area contributed by atoms with Gasteiger partial charge in [-0.2, -0.15) is 0 Å². The highest BCUT2D eigenvalue weighted by atomic mass is 35.5. The Hall–Kier alpha value is 0.240. The van der Waals surface area contributed by atoms with Gasteiger partial charge in [0.05, 0.1) is 0 Å². The van der Waals surface area contributed by atoms with Gasteiger partial charge in [0.25, 0.3) is 0 Å². The summed E-state index contributed by atoms with van der Waals surface area (Å²) in [6.07, 6.45) is 5.11. The molecule has 1 fully saturated rings. The topological polar surface area (TPSA) is 29.3 Å². The van der Waals surface area contributed by atoms with Crippen LogP contribution >= 0.6 is 24.8 Å². The van der Waals surface area contributed by atoms with Crippen molar-refractivity contribution < 1.29 is 0 Å². The zero-order valence-electron chi connectivity index (χ0n) is 8.16. The molecule has 2 N–H and O–H groups in total. The van der Waals surface area contributed by atoms with Gasteiger partial charge < -0.3 is 10.6 Å². The minimum Gasteiger partial charge on any atom is -0.325 e. The van der Waals surface area contributed by atoms with Crippen LogP contribution in [0, 0.1) is 0 Å². The second kappa shape index (κ2) is 6.66. The van der Waals surface area contributed by atoms with Crippen molar-refractivity contribution in [2.45, 2.75) is 24.8 Å². The Labute approximate surface area is 93.4 Å². The minimum absolute atomic E-state index is 0. The highest BCUT2D eigenvalue weighted by Crippen LogP contribution is 2.22. The van der Waals surface area contributed by atoms with E-state index < -0.39 is 0 Å². The molecule has 0 aliphatic carbocycles. The van der Waals surface area contributed by atoms with Gasteiger partial charge in [0, 0.05) is 5.54 Å². The Bertz CT molecular complexity index is 143. The molecule has 1 saturated heterocycles. The van der Waals surface area contributed by atoms with Gasteiger partial charge in [0.15, 0.2) is 0 Å². The van der Waals surface area contributed by atoms with Gasteiger partial charge in [0.1, 0.15) is 0 Å². The van der Waals surface area contributed by atoms with Crippen LogP contribution in [-0.2, 0) is 0 Å². The lowest BCUT2D eigenvalue weighted by Crippen LogP contribution is -2.48. The third-order valence-electron chi connectivity index (χ3n) is 2.53. The molecular weight excluding hydrogens is 207 g/mol. The second-order valence-corrected chi connectivity index (χ2v) is 3.66. The van der Waals surface area contributed by atoms with Crippen molar-refractivity contribution in [3.05, 3.63) is 12.7 Å². The maximum Gasteiger partial charge on any atom is 0.0213 e. The van der Waals surface area contributed by atoms with E-state index >= 15 is 0 Å². The summed E-state index contributed by atoms with van der Waals surface area (Å²) in [6.45, 7) is 5.98. The normalized spacial score (nSPS) is 21.1. The summed E-state index contributed by atoms with van der Waals surface area (Å²) in [5.74, 6) is 0. The van der Waals surface area contributed by atoms with Crippen molar-refractivity contribution in [1.29, 1.82) is 0 Å². The summed E-state index contributed by atoms with van der Waals surface area (Å²) in [4.78, 5) is 2.33. The Morgan fingerprint density at radius 3 is 2.23 bits per heavy atom. The van der Waals surface area contributed by atoms with Crippen molar-refractivity contribution >= 4 is 24.8 Å². The largest absolute Gasteiger partial charge is 0.325 e. The van der Waals surface area contributed by atoms with E-state index in [2.05, 4.69) is 18.5 Å². The van der Waals surface area contributed by atoms with Crippen LogP contribution in [-0.4, -0.2) is 30.6 Å². The van der Waals surface area contributed by atoms with Gasteiger partial charge in [0.2, 0.25) is 0 Å². The van der Waals surface area contributed by atoms with Crippen LogP contribution in [0.1, 0.15) is 19.3 Å². The molecule has 0 unspecified atom stereocenters. The van der Waals surface area contributed by atoms with Gasteiger partial charge >= 0.3 is 0 Å². The van der Waals surface area contributed by atoms with E-state index in [9.17, 15) is 0 Å². The second-order valence-electron chi connectivity index (χ2n) is 3.66. The third kappa shape index (κ3) is 4.87. The monoisotopic (exact) mass is 226 g/mol. The molecule has 0 aromatic carbocycles. The van der Waals surface area contributed by atoms with Crippen LogP contribution in [0.15, 0.2) is 12.7 Å². The van der Waals surface area contributed by atoms with Crippen molar-refractivity contribution in [3.63, 3.8) is 0 Å². The summed E-state index contributed by atoms with van der Waals surface area (Å²) in [5, 5.41) is 0. The maximum absolute atomic E-state index is 6.13. The quantitative estimate of drug-likeness (QED) is 0.729. The van der Waals surface area contributed by atoms with E-state index in [4.69, 9.17) is 5.73 Å². The molecule has 1 heterocycles. The van der Waals surface area contributed by atoms with Gasteiger partial charge in [-0.05, 0) is 39.4 Å². The molecular formula is C9H20Cl2N2. The number of hydrogen-bond acceptors (Lipinski definition) is 2. The minimum atomic E-state index is 0. The number of hydrogen-bond donors (Lipinski definition) is 1. The van der Waals surface area contributed by atoms with Crippen molar-refractivity contribution in [2.24, 2.45) is 5.73 Å². The van der Waals surface area contributed by atoms with Crippen molar-refractivity contribution in [1.82, 2.24) is 4.90 Å². The molecule has 0 aromatic rings. The van der Waals surface area contributed by atoms with E-state index in [-0.39, 0.29) is 30.4 Å². The SMILES string of the molecule is C=CCC1(N)CCN(C)CC1.Cl.Cl. The first-order valence-electron chi connectivity index (χ1n) is 4.25. The lowest BCUT2D eigenvalue weighted by molar-refractivity contribution is 0.192. The van der Waals surface area contributed by atoms with E-state index in [1.807, 2.05) is 6.08 Å². The van der Waals surface area contributed by atoms with Crippen LogP contribution in [0.25, 0.3) is 0 Å². The lowest BCUT2D eigenvalue weighted by atomic mass is 9.86. The molecule has 13 heavy (non-hydrogen) atoms. The van der Waals surface area contributed by atoms with Gasteiger partial charge in [-0.3, -0.25) is 0 Å². The maximum atomic E-state index is 6.13. The number of nitrogens with zero attached hydrogens (tertiary/aromatic N) is 1. The highest BCUT2D eigenvalue weighted by Gasteiger charge is 2.27. The fourth-order valence-electron chi connectivity index (χ4n) is 1.56. The van der Waals surface area contributed by atoms with Gasteiger partial charge in [-0.15, -0.1) is 31.4 Å². The number of likely N-dealkylation sites (tertiary alicyclic amines) is 1. The van der Waals surface area contributed by atoms with E-state index in [0.29, 0.717) is 0 Å². The summed E-state index contributed by atoms with van der Waals surface area (Å²) < 4.78 is 0. The molecule has 1 aliphatic heterocycles. The summed E-state index contributed by atoms with van der Waals surface area (Å²) >= 11 is 0. The molecule has 4 heteroatoms. The fourth-order valence-corrected chi connectivity index (χ4v) is 1.56. The van der Waals surface area contributed by atoms with Crippen molar-refractivity contribution in [3.8, 4) is 0 Å². The summed E-state index contributed by atoms with van der Waals surface area (Å²) in [6, 6.07) is 0. The standard InChI is InChI=1S/C9H18N2.2ClH/c1-3-4-9(10)5-7-11(2)8-6-9;;/h3H,1,4-8,10H2,2H3;2*1H. The van der Waals surface area contributed by atoms with Crippen LogP contribution in [0.5, 0.6) is 0 Å². The van der Waals surface area contributed by atoms with Crippen LogP contribution < -0.4 is 5.73 Å². The molecule has 0 saturated carbocycles. The van der Waals surface area contributed by atoms with Gasteiger partial charge in [-0.1, -0.05) is 6.08 Å². The Morgan fingerprint density at radius 1 is 1.38 bits per heavy atom. The number of piperidine rings is 1. The first-order valence-corrected chi connectivity index (χ1v) is 4.25. The van der Waals surface area contributed by atoms with E-state index in [1.165, 1.54) is 0 Å². The molecule has 0 atom stereocenters. The summed E-state index contributed by atoms with van der Waals surface area (Å²) in [5.41, 5.74) is 6.18. The molecule has 0 amide bonds. The molecule has 1 aliphatic rings. The van der Waals surface area contributed by atoms with Gasteiger partial charge in [-0.25, -0.2) is 0 Å². The Kier molecular flexibility index (Phi) is 8.04. The predicted molar refractivity (Wildman–Crippen MR) is 63.0 cm³/mol. The molecule has 1 rings (SSSR count). The molecule has 0 aromatic heterocycles. The Morgan fingerprint density at radius 2 is 1.85 bits per heavy atom. The zero-order valence-corrected chi connectivity index (χ0v) is 9.79. The molecule has 80 valence electrons. The van der Waals surface area contributed by atoms with Crippen LogP contribution in [0.2, 0.25) is 0 Å². The number of halogens is 2. The fraction of sp³-hybridized carbons (Fsp3) is 0.778. The molecule has 2 nitrogen and oxygen atoms in total. The first-order chi connectivity index (χ1) is 5.16. The highest BCUT2D eigenvalue weighted by molar-refractivity contribution is 5.85. The first kappa shape index (κ1) is 15.7. The van der Waals surface area contributed by atoms with E-state index in [0.717, 1.165) is 32.4 Å². The average molecular weight is 227 g/mol. The molecule has 0 bridgehead atoms. The lowest BCUT2D eigenvalue weighted by Gasteiger charge is -2.37. The number of rotatable bonds is 2. The zero-order chi connectivity index (χ0) is 8.32. The Balaban J connectivity index is 0. The predicted octanol–water partition coefficient (Wildman–Crippen LogP) is 1.83. The summed E-state index contributed by atoms with van der Waals surface area (Å²) in [7, 11) is 2.15. The van der Waals surface area contributed by atoms with Crippen molar-refractivity contribution in [2.75, 3.05) is 20.1 Å². The smallest absolute Gasteiger partial charge is 0.0213 e.